The average Bonchev–Trinajstić information content (AvgIpc) is 3.36. The topological polar surface area (TPSA) is 53.7 Å². The zero-order valence-electron chi connectivity index (χ0n) is 44.5. The highest BCUT2D eigenvalue weighted by Crippen LogP contribution is 2.45. The van der Waals surface area contributed by atoms with Gasteiger partial charge in [0.2, 0.25) is 5.95 Å². The number of para-hydroxylation sites is 4. The molecule has 0 saturated heterocycles. The second-order valence-corrected chi connectivity index (χ2v) is 22.8. The summed E-state index contributed by atoms with van der Waals surface area (Å²) in [6.07, 6.45) is 0. The van der Waals surface area contributed by atoms with Crippen molar-refractivity contribution in [3.8, 4) is 62.1 Å². The normalized spacial score (nSPS) is 12.1. The Kier molecular flexibility index (Phi) is 9.87. The Labute approximate surface area is 479 Å². The first-order chi connectivity index (χ1) is 41.1. The number of benzene rings is 12. The van der Waals surface area contributed by atoms with E-state index >= 15 is 0 Å². The minimum atomic E-state index is 0.621. The van der Waals surface area contributed by atoms with Crippen molar-refractivity contribution in [1.82, 2.24) is 23.7 Å². The van der Waals surface area contributed by atoms with E-state index in [1.807, 2.05) is 17.4 Å². The zero-order valence-corrected chi connectivity index (χ0v) is 45.3. The van der Waals surface area contributed by atoms with Crippen LogP contribution < -0.4 is 0 Å². The fourth-order valence-electron chi connectivity index (χ4n) is 13.2. The van der Waals surface area contributed by atoms with Crippen molar-refractivity contribution in [3.05, 3.63) is 273 Å². The van der Waals surface area contributed by atoms with Crippen molar-refractivity contribution >= 4 is 119 Å². The van der Waals surface area contributed by atoms with Crippen LogP contribution in [-0.4, -0.2) is 23.7 Å². The lowest BCUT2D eigenvalue weighted by molar-refractivity contribution is 0.671. The second-order valence-electron chi connectivity index (χ2n) is 21.7. The molecule has 0 saturated carbocycles. The van der Waals surface area contributed by atoms with E-state index in [0.29, 0.717) is 5.95 Å². The molecule has 386 valence electrons. The second kappa shape index (κ2) is 17.8. The summed E-state index contributed by atoms with van der Waals surface area (Å²) >= 11 is 1.85. The first-order valence-corrected chi connectivity index (χ1v) is 28.9. The molecule has 0 aliphatic carbocycles. The minimum absolute atomic E-state index is 0.621. The maximum absolute atomic E-state index is 6.71. The number of rotatable bonds is 7. The van der Waals surface area contributed by atoms with Gasteiger partial charge in [0.1, 0.15) is 5.58 Å². The Morgan fingerprint density at radius 2 is 0.723 bits per heavy atom. The first-order valence-electron chi connectivity index (χ1n) is 28.1. The number of fused-ring (bicyclic) bond motifs is 16. The molecular formula is C76H45N5OS. The van der Waals surface area contributed by atoms with Gasteiger partial charge in [-0.15, -0.1) is 11.3 Å². The summed E-state index contributed by atoms with van der Waals surface area (Å²) in [6, 6.07) is 98.6. The molecule has 0 fully saturated rings. The third kappa shape index (κ3) is 7.02. The van der Waals surface area contributed by atoms with E-state index in [2.05, 4.69) is 281 Å². The zero-order chi connectivity index (χ0) is 54.3. The number of thiophene rings is 1. The smallest absolute Gasteiger partial charge is 0.235 e. The fourth-order valence-corrected chi connectivity index (χ4v) is 14.3. The highest BCUT2D eigenvalue weighted by atomic mass is 32.1. The highest BCUT2D eigenvalue weighted by molar-refractivity contribution is 7.25. The molecule has 6 aromatic heterocycles. The maximum atomic E-state index is 6.71. The monoisotopic (exact) mass is 1080 g/mol. The summed E-state index contributed by atoms with van der Waals surface area (Å²) in [5.74, 6) is 0.621. The molecule has 0 aliphatic rings. The van der Waals surface area contributed by atoms with Crippen LogP contribution in [0.25, 0.3) is 170 Å². The lowest BCUT2D eigenvalue weighted by atomic mass is 9.98. The quantitative estimate of drug-likeness (QED) is 0.160. The summed E-state index contributed by atoms with van der Waals surface area (Å²) in [6.45, 7) is 0. The minimum Gasteiger partial charge on any atom is -0.454 e. The van der Waals surface area contributed by atoms with Gasteiger partial charge in [-0.1, -0.05) is 164 Å². The van der Waals surface area contributed by atoms with Crippen molar-refractivity contribution in [2.24, 2.45) is 0 Å². The van der Waals surface area contributed by atoms with E-state index in [1.54, 1.807) is 0 Å². The van der Waals surface area contributed by atoms with Crippen molar-refractivity contribution < 1.29 is 4.42 Å². The van der Waals surface area contributed by atoms with Gasteiger partial charge in [-0.25, -0.2) is 9.97 Å². The molecule has 7 heteroatoms. The van der Waals surface area contributed by atoms with Crippen LogP contribution in [0.15, 0.2) is 277 Å². The van der Waals surface area contributed by atoms with Crippen LogP contribution in [0.3, 0.4) is 0 Å². The first kappa shape index (κ1) is 45.9. The third-order valence-electron chi connectivity index (χ3n) is 17.0. The molecule has 0 N–H and O–H groups in total. The van der Waals surface area contributed by atoms with E-state index in [1.165, 1.54) is 47.5 Å². The lowest BCUT2D eigenvalue weighted by Crippen LogP contribution is -2.04. The van der Waals surface area contributed by atoms with Crippen molar-refractivity contribution in [2.75, 3.05) is 0 Å². The molecule has 0 spiro atoms. The molecule has 12 aromatic carbocycles. The molecule has 6 heterocycles. The van der Waals surface area contributed by atoms with Gasteiger partial charge < -0.3 is 13.6 Å². The van der Waals surface area contributed by atoms with Crippen LogP contribution in [0, 0.1) is 0 Å². The number of hydrogen-bond donors (Lipinski definition) is 0. The standard InChI is InChI=1S/C76H45N5OS/c1-5-17-46(18-6-1)64-45-65(47-19-7-2-8-20-47)78-76(77-64)81-68-36-30-49(40-59(68)61-44-69-60(43-70(61)81)54-25-13-15-27-66(54)79(69)52-21-9-3-10-22-52)51-32-38-73-63(42-51)62-41-50(31-37-72(62)83-73)48-29-35-67-58(39-48)56-33-34-57-55-26-14-16-28-71(55)82-75(57)74(56)80(67)53-23-11-4-12-24-53/h1-45H. The number of hydrogen-bond acceptors (Lipinski definition) is 4. The van der Waals surface area contributed by atoms with Crippen LogP contribution in [0.2, 0.25) is 0 Å². The Morgan fingerprint density at radius 3 is 1.35 bits per heavy atom. The summed E-state index contributed by atoms with van der Waals surface area (Å²) in [5.41, 5.74) is 19.1. The molecule has 0 aliphatic heterocycles. The molecule has 83 heavy (non-hydrogen) atoms. The predicted octanol–water partition coefficient (Wildman–Crippen LogP) is 20.7. The van der Waals surface area contributed by atoms with Crippen molar-refractivity contribution in [2.45, 2.75) is 0 Å². The Balaban J connectivity index is 0.822. The number of nitrogens with zero attached hydrogens (tertiary/aromatic N) is 5. The SMILES string of the molecule is c1ccc(-c2cc(-c3ccccc3)nc(-n3c4ccc(-c5ccc6sc7ccc(-c8ccc9c(c8)c8ccc%10c%11ccccc%11oc%10c8n9-c8ccccc8)cc7c6c5)cc4c4cc5c(cc43)c3ccccc3n5-c3ccccc3)n2)cc1. The van der Waals surface area contributed by atoms with E-state index in [0.717, 1.165) is 116 Å². The average molecular weight is 1080 g/mol. The number of aromatic nitrogens is 5. The van der Waals surface area contributed by atoms with Crippen LogP contribution in [-0.2, 0) is 0 Å². The molecule has 18 rings (SSSR count). The summed E-state index contributed by atoms with van der Waals surface area (Å²) < 4.78 is 16.3. The van der Waals surface area contributed by atoms with Crippen LogP contribution in [0.4, 0.5) is 0 Å². The van der Waals surface area contributed by atoms with Gasteiger partial charge >= 0.3 is 0 Å². The van der Waals surface area contributed by atoms with Gasteiger partial charge in [0.05, 0.1) is 44.5 Å². The van der Waals surface area contributed by atoms with Crippen LogP contribution in [0.1, 0.15) is 0 Å². The van der Waals surface area contributed by atoms with Gasteiger partial charge in [-0.05, 0) is 131 Å². The fraction of sp³-hybridized carbons (Fsp3) is 0. The predicted molar refractivity (Wildman–Crippen MR) is 347 cm³/mol. The van der Waals surface area contributed by atoms with Gasteiger partial charge in [-0.3, -0.25) is 4.57 Å². The highest BCUT2D eigenvalue weighted by Gasteiger charge is 2.24. The molecule has 0 atom stereocenters. The molecule has 18 aromatic rings. The van der Waals surface area contributed by atoms with Gasteiger partial charge in [0, 0.05) is 85.8 Å². The van der Waals surface area contributed by atoms with Crippen molar-refractivity contribution in [1.29, 1.82) is 0 Å². The molecule has 0 bridgehead atoms. The largest absolute Gasteiger partial charge is 0.454 e. The van der Waals surface area contributed by atoms with Crippen LogP contribution in [0.5, 0.6) is 0 Å². The third-order valence-corrected chi connectivity index (χ3v) is 18.2. The molecule has 0 unspecified atom stereocenters. The summed E-state index contributed by atoms with van der Waals surface area (Å²) in [4.78, 5) is 10.9. The number of furan rings is 1. The van der Waals surface area contributed by atoms with E-state index in [-0.39, 0.29) is 0 Å². The summed E-state index contributed by atoms with van der Waals surface area (Å²) in [5, 5.41) is 11.7. The Morgan fingerprint density at radius 1 is 0.277 bits per heavy atom. The molecule has 6 nitrogen and oxygen atoms in total. The molecular weight excluding hydrogens is 1030 g/mol. The van der Waals surface area contributed by atoms with Gasteiger partial charge in [0.15, 0.2) is 5.58 Å². The molecule has 0 amide bonds. The van der Waals surface area contributed by atoms with Gasteiger partial charge in [0.25, 0.3) is 0 Å². The van der Waals surface area contributed by atoms with Gasteiger partial charge in [-0.2, -0.15) is 0 Å². The Hall–Kier alpha value is -10.9. The maximum Gasteiger partial charge on any atom is 0.235 e. The lowest BCUT2D eigenvalue weighted by Gasteiger charge is -2.12. The Bertz CT molecular complexity index is 5620. The van der Waals surface area contributed by atoms with E-state index < -0.39 is 0 Å². The van der Waals surface area contributed by atoms with E-state index in [4.69, 9.17) is 14.4 Å². The van der Waals surface area contributed by atoms with Crippen LogP contribution >= 0.6 is 11.3 Å². The molecule has 0 radical (unpaired) electrons. The van der Waals surface area contributed by atoms with E-state index in [9.17, 15) is 0 Å². The summed E-state index contributed by atoms with van der Waals surface area (Å²) in [7, 11) is 0. The van der Waals surface area contributed by atoms with Crippen molar-refractivity contribution in [3.63, 3.8) is 0 Å².